The molecule has 2 rings (SSSR count). The topological polar surface area (TPSA) is 66.3 Å². The van der Waals surface area contributed by atoms with Gasteiger partial charge in [-0.15, -0.1) is 10.2 Å². The van der Waals surface area contributed by atoms with Gasteiger partial charge in [-0.05, 0) is 36.8 Å². The van der Waals surface area contributed by atoms with Crippen molar-refractivity contribution < 1.29 is 9.90 Å². The molecule has 1 heterocycles. The number of hydrogen-bond donors (Lipinski definition) is 1. The Morgan fingerprint density at radius 2 is 1.85 bits per heavy atom. The Morgan fingerprint density at radius 1 is 1.20 bits per heavy atom. The molecule has 20 heavy (non-hydrogen) atoms. The highest BCUT2D eigenvalue weighted by Gasteiger charge is 2.14. The van der Waals surface area contributed by atoms with Crippen LogP contribution in [0, 0.1) is 0 Å². The first-order valence-corrected chi connectivity index (χ1v) is 6.42. The van der Waals surface area contributed by atoms with Gasteiger partial charge in [-0.1, -0.05) is 23.7 Å². The van der Waals surface area contributed by atoms with Gasteiger partial charge in [0.15, 0.2) is 11.5 Å². The molecule has 1 unspecified atom stereocenters. The SMILES string of the molecule is CC(c1ccc(Cl)cc1)N(C)c1ccc(C(=O)O)nn1. The molecule has 6 heteroatoms. The number of nitrogens with zero attached hydrogens (tertiary/aromatic N) is 3. The number of carboxylic acid groups (broad SMARTS) is 1. The third kappa shape index (κ3) is 3.05. The molecule has 0 bridgehead atoms. The van der Waals surface area contributed by atoms with Crippen LogP contribution < -0.4 is 4.90 Å². The second-order valence-corrected chi connectivity index (χ2v) is 4.86. The van der Waals surface area contributed by atoms with E-state index in [9.17, 15) is 4.79 Å². The van der Waals surface area contributed by atoms with E-state index in [1.807, 2.05) is 43.1 Å². The van der Waals surface area contributed by atoms with Crippen LogP contribution in [0.5, 0.6) is 0 Å². The molecule has 0 saturated carbocycles. The number of halogens is 1. The highest BCUT2D eigenvalue weighted by atomic mass is 35.5. The highest BCUT2D eigenvalue weighted by Crippen LogP contribution is 2.24. The van der Waals surface area contributed by atoms with Crippen LogP contribution >= 0.6 is 11.6 Å². The molecule has 0 spiro atoms. The number of rotatable bonds is 4. The molecule has 0 saturated heterocycles. The quantitative estimate of drug-likeness (QED) is 0.938. The Labute approximate surface area is 121 Å². The summed E-state index contributed by atoms with van der Waals surface area (Å²) in [7, 11) is 1.88. The van der Waals surface area contributed by atoms with Crippen molar-refractivity contribution in [3.05, 3.63) is 52.7 Å². The lowest BCUT2D eigenvalue weighted by molar-refractivity contribution is 0.0689. The molecule has 0 aliphatic heterocycles. The predicted octanol–water partition coefficient (Wildman–Crippen LogP) is 3.03. The maximum Gasteiger partial charge on any atom is 0.356 e. The molecule has 1 atom stereocenters. The molecule has 0 aliphatic rings. The molecule has 0 fully saturated rings. The summed E-state index contributed by atoms with van der Waals surface area (Å²) in [6.45, 7) is 2.02. The smallest absolute Gasteiger partial charge is 0.356 e. The molecule has 5 nitrogen and oxygen atoms in total. The van der Waals surface area contributed by atoms with Crippen LogP contribution in [-0.4, -0.2) is 28.3 Å². The van der Waals surface area contributed by atoms with E-state index in [0.717, 1.165) is 5.56 Å². The molecule has 0 amide bonds. The zero-order chi connectivity index (χ0) is 14.7. The Bertz CT molecular complexity index is 599. The van der Waals surface area contributed by atoms with Crippen LogP contribution in [0.4, 0.5) is 5.82 Å². The number of carbonyl (C=O) groups is 1. The summed E-state index contributed by atoms with van der Waals surface area (Å²) in [5, 5.41) is 17.1. The van der Waals surface area contributed by atoms with Gasteiger partial charge in [-0.2, -0.15) is 0 Å². The van der Waals surface area contributed by atoms with Crippen molar-refractivity contribution >= 4 is 23.4 Å². The van der Waals surface area contributed by atoms with E-state index in [-0.39, 0.29) is 11.7 Å². The van der Waals surface area contributed by atoms with E-state index in [0.29, 0.717) is 10.8 Å². The second kappa shape index (κ2) is 5.88. The van der Waals surface area contributed by atoms with Crippen LogP contribution in [0.1, 0.15) is 29.0 Å². The third-order valence-corrected chi connectivity index (χ3v) is 3.42. The molecule has 104 valence electrons. The molecule has 0 aliphatic carbocycles. The van der Waals surface area contributed by atoms with Gasteiger partial charge >= 0.3 is 5.97 Å². The molecule has 0 radical (unpaired) electrons. The number of anilines is 1. The maximum absolute atomic E-state index is 10.7. The normalized spacial score (nSPS) is 11.9. The van der Waals surface area contributed by atoms with E-state index in [1.54, 1.807) is 6.07 Å². The first kappa shape index (κ1) is 14.3. The van der Waals surface area contributed by atoms with Crippen LogP contribution in [0.2, 0.25) is 5.02 Å². The molecule has 1 aromatic heterocycles. The fourth-order valence-electron chi connectivity index (χ4n) is 1.79. The lowest BCUT2D eigenvalue weighted by Crippen LogP contribution is -2.23. The Morgan fingerprint density at radius 3 is 2.35 bits per heavy atom. The number of aromatic nitrogens is 2. The van der Waals surface area contributed by atoms with Gasteiger partial charge in [0.2, 0.25) is 0 Å². The fraction of sp³-hybridized carbons (Fsp3) is 0.214. The van der Waals surface area contributed by atoms with Crippen molar-refractivity contribution in [2.75, 3.05) is 11.9 Å². The molecular formula is C14H14ClN3O2. The summed E-state index contributed by atoms with van der Waals surface area (Å²) in [4.78, 5) is 12.7. The second-order valence-electron chi connectivity index (χ2n) is 4.42. The largest absolute Gasteiger partial charge is 0.476 e. The Hall–Kier alpha value is -2.14. The summed E-state index contributed by atoms with van der Waals surface area (Å²) in [6.07, 6.45) is 0. The monoisotopic (exact) mass is 291 g/mol. The van der Waals surface area contributed by atoms with Crippen molar-refractivity contribution in [2.24, 2.45) is 0 Å². The van der Waals surface area contributed by atoms with Crippen LogP contribution in [0.25, 0.3) is 0 Å². The van der Waals surface area contributed by atoms with E-state index in [2.05, 4.69) is 10.2 Å². The minimum atomic E-state index is -1.09. The summed E-state index contributed by atoms with van der Waals surface area (Å²) >= 11 is 5.87. The van der Waals surface area contributed by atoms with Gasteiger partial charge in [-0.25, -0.2) is 4.79 Å². The number of aromatic carboxylic acids is 1. The number of hydrogen-bond acceptors (Lipinski definition) is 4. The number of carboxylic acids is 1. The Kier molecular flexibility index (Phi) is 4.20. The van der Waals surface area contributed by atoms with Gasteiger partial charge in [0.1, 0.15) is 0 Å². The average Bonchev–Trinajstić information content (AvgIpc) is 2.46. The van der Waals surface area contributed by atoms with E-state index >= 15 is 0 Å². The maximum atomic E-state index is 10.7. The minimum absolute atomic E-state index is 0.0669. The number of benzene rings is 1. The minimum Gasteiger partial charge on any atom is -0.476 e. The summed E-state index contributed by atoms with van der Waals surface area (Å²) in [6, 6.07) is 10.7. The van der Waals surface area contributed by atoms with Crippen LogP contribution in [-0.2, 0) is 0 Å². The predicted molar refractivity (Wildman–Crippen MR) is 77.3 cm³/mol. The van der Waals surface area contributed by atoms with Gasteiger partial charge < -0.3 is 10.0 Å². The molecule has 1 aromatic carbocycles. The fourth-order valence-corrected chi connectivity index (χ4v) is 1.92. The Balaban J connectivity index is 2.19. The standard InChI is InChI=1S/C14H14ClN3O2/c1-9(10-3-5-11(15)6-4-10)18(2)13-8-7-12(14(19)20)16-17-13/h3-9H,1-2H3,(H,19,20). The molecule has 2 aromatic rings. The summed E-state index contributed by atoms with van der Waals surface area (Å²) in [5.41, 5.74) is 1.02. The summed E-state index contributed by atoms with van der Waals surface area (Å²) < 4.78 is 0. The van der Waals surface area contributed by atoms with E-state index in [1.165, 1.54) is 6.07 Å². The first-order valence-electron chi connectivity index (χ1n) is 6.04. The zero-order valence-corrected chi connectivity index (χ0v) is 11.9. The van der Waals surface area contributed by atoms with Crippen molar-refractivity contribution in [1.82, 2.24) is 10.2 Å². The van der Waals surface area contributed by atoms with Gasteiger partial charge in [0.25, 0.3) is 0 Å². The lowest BCUT2D eigenvalue weighted by atomic mass is 10.1. The first-order chi connectivity index (χ1) is 9.49. The van der Waals surface area contributed by atoms with Crippen molar-refractivity contribution in [1.29, 1.82) is 0 Å². The highest BCUT2D eigenvalue weighted by molar-refractivity contribution is 6.30. The van der Waals surface area contributed by atoms with Gasteiger partial charge in [0.05, 0.1) is 6.04 Å². The van der Waals surface area contributed by atoms with Crippen LogP contribution in [0.15, 0.2) is 36.4 Å². The average molecular weight is 292 g/mol. The van der Waals surface area contributed by atoms with E-state index in [4.69, 9.17) is 16.7 Å². The van der Waals surface area contributed by atoms with Crippen molar-refractivity contribution in [3.63, 3.8) is 0 Å². The van der Waals surface area contributed by atoms with Crippen molar-refractivity contribution in [3.8, 4) is 0 Å². The van der Waals surface area contributed by atoms with Crippen LogP contribution in [0.3, 0.4) is 0 Å². The molecule has 1 N–H and O–H groups in total. The molecular weight excluding hydrogens is 278 g/mol. The zero-order valence-electron chi connectivity index (χ0n) is 11.1. The van der Waals surface area contributed by atoms with E-state index < -0.39 is 5.97 Å². The third-order valence-electron chi connectivity index (χ3n) is 3.16. The summed E-state index contributed by atoms with van der Waals surface area (Å²) in [5.74, 6) is -0.477. The lowest BCUT2D eigenvalue weighted by Gasteiger charge is -2.25. The van der Waals surface area contributed by atoms with Crippen molar-refractivity contribution in [2.45, 2.75) is 13.0 Å². The van der Waals surface area contributed by atoms with Gasteiger partial charge in [-0.3, -0.25) is 0 Å². The van der Waals surface area contributed by atoms with Gasteiger partial charge in [0, 0.05) is 12.1 Å².